The van der Waals surface area contributed by atoms with Crippen LogP contribution in [0.2, 0.25) is 0 Å². The largest absolute Gasteiger partial charge is 0.419 e. The number of hydrogen-bond donors (Lipinski definition) is 0. The fourth-order valence-corrected chi connectivity index (χ4v) is 1.41. The first-order valence-electron chi connectivity index (χ1n) is 4.90. The maximum atomic E-state index is 13.0. The molecule has 0 aromatic heterocycles. The molecular formula is C12H12F4. The summed E-state index contributed by atoms with van der Waals surface area (Å²) in [6, 6.07) is 3.05. The Bertz CT molecular complexity index is 402. The molecule has 1 rings (SSSR count). The standard InChI is InChI=1S/C12H12F4/c1-3-4-8(2)9-5-6-11(13)10(7-9)12(14,15)16/h4-7H,3H2,1-2H3/b8-4+. The lowest BCUT2D eigenvalue weighted by molar-refractivity contribution is -0.140. The Morgan fingerprint density at radius 2 is 1.94 bits per heavy atom. The van der Waals surface area contributed by atoms with Crippen LogP contribution in [-0.4, -0.2) is 0 Å². The van der Waals surface area contributed by atoms with E-state index >= 15 is 0 Å². The summed E-state index contributed by atoms with van der Waals surface area (Å²) in [6.07, 6.45) is -2.12. The molecule has 88 valence electrons. The Balaban J connectivity index is 3.23. The summed E-state index contributed by atoms with van der Waals surface area (Å²) in [5.74, 6) is -1.24. The van der Waals surface area contributed by atoms with Gasteiger partial charge in [0, 0.05) is 0 Å². The number of allylic oxidation sites excluding steroid dienone is 2. The molecule has 1 aromatic carbocycles. The molecule has 0 N–H and O–H groups in total. The Labute approximate surface area is 91.6 Å². The summed E-state index contributed by atoms with van der Waals surface area (Å²) in [4.78, 5) is 0. The smallest absolute Gasteiger partial charge is 0.206 e. The molecule has 0 atom stereocenters. The summed E-state index contributed by atoms with van der Waals surface area (Å²) >= 11 is 0. The summed E-state index contributed by atoms with van der Waals surface area (Å²) in [6.45, 7) is 3.59. The second-order valence-electron chi connectivity index (χ2n) is 3.49. The first-order valence-corrected chi connectivity index (χ1v) is 4.90. The van der Waals surface area contributed by atoms with Crippen LogP contribution in [0.15, 0.2) is 24.3 Å². The van der Waals surface area contributed by atoms with E-state index in [1.165, 1.54) is 6.07 Å². The normalized spacial score (nSPS) is 13.0. The topological polar surface area (TPSA) is 0 Å². The zero-order valence-electron chi connectivity index (χ0n) is 9.03. The summed E-state index contributed by atoms with van der Waals surface area (Å²) in [7, 11) is 0. The average Bonchev–Trinajstić information content (AvgIpc) is 2.16. The van der Waals surface area contributed by atoms with Crippen LogP contribution in [0, 0.1) is 5.82 Å². The molecule has 0 radical (unpaired) electrons. The molecule has 0 saturated heterocycles. The van der Waals surface area contributed by atoms with E-state index in [9.17, 15) is 17.6 Å². The molecular weight excluding hydrogens is 220 g/mol. The Morgan fingerprint density at radius 1 is 1.31 bits per heavy atom. The summed E-state index contributed by atoms with van der Waals surface area (Å²) < 4.78 is 50.2. The Hall–Kier alpha value is -1.32. The zero-order chi connectivity index (χ0) is 12.3. The maximum absolute atomic E-state index is 13.0. The van der Waals surface area contributed by atoms with Crippen LogP contribution in [-0.2, 0) is 6.18 Å². The third-order valence-corrected chi connectivity index (χ3v) is 2.24. The van der Waals surface area contributed by atoms with Crippen molar-refractivity contribution in [1.82, 2.24) is 0 Å². The van der Waals surface area contributed by atoms with Crippen molar-refractivity contribution in [1.29, 1.82) is 0 Å². The monoisotopic (exact) mass is 232 g/mol. The van der Waals surface area contributed by atoms with Crippen LogP contribution in [0.4, 0.5) is 17.6 Å². The lowest BCUT2D eigenvalue weighted by Crippen LogP contribution is -2.08. The van der Waals surface area contributed by atoms with E-state index in [2.05, 4.69) is 0 Å². The van der Waals surface area contributed by atoms with E-state index in [0.29, 0.717) is 11.1 Å². The first kappa shape index (κ1) is 12.7. The highest BCUT2D eigenvalue weighted by atomic mass is 19.4. The molecule has 0 bridgehead atoms. The van der Waals surface area contributed by atoms with Gasteiger partial charge in [0.15, 0.2) is 0 Å². The molecule has 0 fully saturated rings. The SMILES string of the molecule is CC/C=C(\C)c1ccc(F)c(C(F)(F)F)c1. The minimum absolute atomic E-state index is 0.399. The van der Waals surface area contributed by atoms with Crippen LogP contribution in [0.25, 0.3) is 5.57 Å². The van der Waals surface area contributed by atoms with E-state index < -0.39 is 17.6 Å². The van der Waals surface area contributed by atoms with Crippen molar-refractivity contribution in [2.24, 2.45) is 0 Å². The third-order valence-electron chi connectivity index (χ3n) is 2.24. The van der Waals surface area contributed by atoms with Crippen LogP contribution >= 0.6 is 0 Å². The second-order valence-corrected chi connectivity index (χ2v) is 3.49. The maximum Gasteiger partial charge on any atom is 0.419 e. The van der Waals surface area contributed by atoms with E-state index in [-0.39, 0.29) is 0 Å². The van der Waals surface area contributed by atoms with E-state index in [4.69, 9.17) is 0 Å². The van der Waals surface area contributed by atoms with Gasteiger partial charge in [0.25, 0.3) is 0 Å². The number of alkyl halides is 3. The minimum Gasteiger partial charge on any atom is -0.206 e. The van der Waals surface area contributed by atoms with E-state index in [1.54, 1.807) is 13.0 Å². The minimum atomic E-state index is -4.65. The molecule has 0 aliphatic rings. The van der Waals surface area contributed by atoms with Crippen molar-refractivity contribution < 1.29 is 17.6 Å². The van der Waals surface area contributed by atoms with Crippen molar-refractivity contribution in [3.63, 3.8) is 0 Å². The molecule has 0 spiro atoms. The number of benzene rings is 1. The molecule has 0 nitrogen and oxygen atoms in total. The highest BCUT2D eigenvalue weighted by Gasteiger charge is 2.34. The van der Waals surface area contributed by atoms with Gasteiger partial charge in [-0.05, 0) is 36.6 Å². The van der Waals surface area contributed by atoms with Gasteiger partial charge in [0.1, 0.15) is 5.82 Å². The van der Waals surface area contributed by atoms with Gasteiger partial charge < -0.3 is 0 Å². The van der Waals surface area contributed by atoms with Gasteiger partial charge >= 0.3 is 6.18 Å². The number of halogens is 4. The average molecular weight is 232 g/mol. The van der Waals surface area contributed by atoms with Gasteiger partial charge in [-0.3, -0.25) is 0 Å². The van der Waals surface area contributed by atoms with Gasteiger partial charge in [-0.15, -0.1) is 0 Å². The summed E-state index contributed by atoms with van der Waals surface area (Å²) in [5, 5.41) is 0. The molecule has 0 heterocycles. The van der Waals surface area contributed by atoms with Crippen LogP contribution < -0.4 is 0 Å². The fourth-order valence-electron chi connectivity index (χ4n) is 1.41. The van der Waals surface area contributed by atoms with Crippen LogP contribution in [0.1, 0.15) is 31.4 Å². The molecule has 4 heteroatoms. The quantitative estimate of drug-likeness (QED) is 0.650. The van der Waals surface area contributed by atoms with Crippen molar-refractivity contribution in [2.45, 2.75) is 26.4 Å². The van der Waals surface area contributed by atoms with Gasteiger partial charge in [0.05, 0.1) is 5.56 Å². The molecule has 1 aromatic rings. The van der Waals surface area contributed by atoms with E-state index in [0.717, 1.165) is 18.6 Å². The Morgan fingerprint density at radius 3 is 2.44 bits per heavy atom. The summed E-state index contributed by atoms with van der Waals surface area (Å²) in [5.41, 5.74) is -0.0996. The van der Waals surface area contributed by atoms with Crippen LogP contribution in [0.3, 0.4) is 0 Å². The molecule has 0 aliphatic heterocycles. The molecule has 16 heavy (non-hydrogen) atoms. The second kappa shape index (κ2) is 4.68. The van der Waals surface area contributed by atoms with Crippen molar-refractivity contribution in [3.05, 3.63) is 41.2 Å². The third kappa shape index (κ3) is 2.84. The highest BCUT2D eigenvalue weighted by molar-refractivity contribution is 5.64. The Kier molecular flexibility index (Phi) is 3.73. The van der Waals surface area contributed by atoms with Gasteiger partial charge in [-0.2, -0.15) is 13.2 Å². The van der Waals surface area contributed by atoms with Crippen LogP contribution in [0.5, 0.6) is 0 Å². The van der Waals surface area contributed by atoms with Gasteiger partial charge in [0.2, 0.25) is 0 Å². The highest BCUT2D eigenvalue weighted by Crippen LogP contribution is 2.33. The lowest BCUT2D eigenvalue weighted by atomic mass is 10.0. The van der Waals surface area contributed by atoms with Crippen molar-refractivity contribution >= 4 is 5.57 Å². The molecule has 0 aliphatic carbocycles. The molecule has 0 unspecified atom stereocenters. The lowest BCUT2D eigenvalue weighted by Gasteiger charge is -2.10. The predicted molar refractivity (Wildman–Crippen MR) is 55.3 cm³/mol. The molecule has 0 saturated carbocycles. The fraction of sp³-hybridized carbons (Fsp3) is 0.333. The van der Waals surface area contributed by atoms with Crippen molar-refractivity contribution in [3.8, 4) is 0 Å². The number of rotatable bonds is 2. The number of hydrogen-bond acceptors (Lipinski definition) is 0. The van der Waals surface area contributed by atoms with Gasteiger partial charge in [-0.25, -0.2) is 4.39 Å². The molecule has 0 amide bonds. The van der Waals surface area contributed by atoms with E-state index in [1.807, 2.05) is 6.92 Å². The van der Waals surface area contributed by atoms with Gasteiger partial charge in [-0.1, -0.05) is 19.1 Å². The zero-order valence-corrected chi connectivity index (χ0v) is 9.03. The van der Waals surface area contributed by atoms with Crippen molar-refractivity contribution in [2.75, 3.05) is 0 Å². The first-order chi connectivity index (χ1) is 7.36. The predicted octanol–water partition coefficient (Wildman–Crippen LogP) is 4.66.